The van der Waals surface area contributed by atoms with E-state index >= 15 is 0 Å². The summed E-state index contributed by atoms with van der Waals surface area (Å²) in [5, 5.41) is 4.96. The van der Waals surface area contributed by atoms with Crippen molar-refractivity contribution in [1.82, 2.24) is 4.90 Å². The van der Waals surface area contributed by atoms with Gasteiger partial charge in [0.15, 0.2) is 0 Å². The highest BCUT2D eigenvalue weighted by Gasteiger charge is 2.21. The third kappa shape index (κ3) is 4.80. The summed E-state index contributed by atoms with van der Waals surface area (Å²) in [6, 6.07) is 11.5. The summed E-state index contributed by atoms with van der Waals surface area (Å²) in [5.74, 6) is 0.101. The molecule has 1 aliphatic heterocycles. The van der Waals surface area contributed by atoms with E-state index in [0.29, 0.717) is 19.5 Å². The summed E-state index contributed by atoms with van der Waals surface area (Å²) in [5.41, 5.74) is 1.62. The van der Waals surface area contributed by atoms with Crippen LogP contribution in [0, 0.1) is 0 Å². The van der Waals surface area contributed by atoms with E-state index in [1.807, 2.05) is 46.7 Å². The van der Waals surface area contributed by atoms with Crippen LogP contribution in [0.4, 0.5) is 11.4 Å². The monoisotopic (exact) mass is 369 g/mol. The fourth-order valence-electron chi connectivity index (χ4n) is 3.04. The van der Waals surface area contributed by atoms with Gasteiger partial charge in [-0.25, -0.2) is 0 Å². The van der Waals surface area contributed by atoms with Gasteiger partial charge in [0.05, 0.1) is 6.54 Å². The Morgan fingerprint density at radius 1 is 1.31 bits per heavy atom. The summed E-state index contributed by atoms with van der Waals surface area (Å²) in [7, 11) is 0. The van der Waals surface area contributed by atoms with E-state index < -0.39 is 0 Å². The first-order chi connectivity index (χ1) is 12.7. The zero-order chi connectivity index (χ0) is 18.4. The Balaban J connectivity index is 1.56. The first-order valence-electron chi connectivity index (χ1n) is 8.71. The average molecular weight is 369 g/mol. The third-order valence-electron chi connectivity index (χ3n) is 4.25. The maximum Gasteiger partial charge on any atom is 0.238 e. The van der Waals surface area contributed by atoms with Gasteiger partial charge in [-0.1, -0.05) is 12.1 Å². The van der Waals surface area contributed by atoms with E-state index in [2.05, 4.69) is 18.0 Å². The molecule has 26 heavy (non-hydrogen) atoms. The summed E-state index contributed by atoms with van der Waals surface area (Å²) >= 11 is 1.68. The second-order valence-corrected chi connectivity index (χ2v) is 7.31. The molecule has 1 N–H and O–H groups in total. The molecule has 0 spiro atoms. The van der Waals surface area contributed by atoms with Gasteiger partial charge >= 0.3 is 0 Å². The quantitative estimate of drug-likeness (QED) is 0.725. The van der Waals surface area contributed by atoms with Crippen LogP contribution in [0.25, 0.3) is 0 Å². The maximum atomic E-state index is 12.4. The summed E-state index contributed by atoms with van der Waals surface area (Å²) in [6.45, 7) is 6.23. The van der Waals surface area contributed by atoms with Gasteiger partial charge in [0.2, 0.25) is 11.8 Å². The molecular weight excluding hydrogens is 346 g/mol. The normalized spacial score (nSPS) is 14.0. The SMILES string of the molecule is C=CCN(CC(=O)Nc1ccc(N2CCCC2=O)cc1)Cc1cccs1. The topological polar surface area (TPSA) is 52.7 Å². The van der Waals surface area contributed by atoms with Crippen molar-refractivity contribution in [1.29, 1.82) is 0 Å². The van der Waals surface area contributed by atoms with E-state index in [9.17, 15) is 9.59 Å². The first kappa shape index (κ1) is 18.4. The number of hydrogen-bond donors (Lipinski definition) is 1. The van der Waals surface area contributed by atoms with Crippen LogP contribution in [0.5, 0.6) is 0 Å². The number of thiophene rings is 1. The van der Waals surface area contributed by atoms with Gasteiger partial charge in [-0.2, -0.15) is 0 Å². The lowest BCUT2D eigenvalue weighted by atomic mass is 10.2. The Kier molecular flexibility index (Phi) is 6.20. The highest BCUT2D eigenvalue weighted by molar-refractivity contribution is 7.09. The number of amides is 2. The Bertz CT molecular complexity index is 756. The number of anilines is 2. The zero-order valence-corrected chi connectivity index (χ0v) is 15.5. The lowest BCUT2D eigenvalue weighted by Crippen LogP contribution is -2.32. The number of carbonyl (C=O) groups is 2. The molecule has 0 saturated carbocycles. The first-order valence-corrected chi connectivity index (χ1v) is 9.59. The average Bonchev–Trinajstić information content (AvgIpc) is 3.27. The molecule has 1 aliphatic rings. The van der Waals surface area contributed by atoms with Crippen molar-refractivity contribution in [3.8, 4) is 0 Å². The van der Waals surface area contributed by atoms with Gasteiger partial charge in [-0.05, 0) is 42.1 Å². The summed E-state index contributed by atoms with van der Waals surface area (Å²) < 4.78 is 0. The smallest absolute Gasteiger partial charge is 0.238 e. The number of nitrogens with zero attached hydrogens (tertiary/aromatic N) is 2. The molecule has 1 saturated heterocycles. The fourth-order valence-corrected chi connectivity index (χ4v) is 3.79. The molecule has 0 aliphatic carbocycles. The zero-order valence-electron chi connectivity index (χ0n) is 14.7. The van der Waals surface area contributed by atoms with Crippen LogP contribution in [0.3, 0.4) is 0 Å². The molecule has 0 unspecified atom stereocenters. The molecule has 1 aromatic heterocycles. The van der Waals surface area contributed by atoms with Gasteiger partial charge in [0.25, 0.3) is 0 Å². The van der Waals surface area contributed by atoms with Crippen LogP contribution < -0.4 is 10.2 Å². The van der Waals surface area contributed by atoms with Crippen LogP contribution in [0.2, 0.25) is 0 Å². The van der Waals surface area contributed by atoms with Crippen molar-refractivity contribution >= 4 is 34.5 Å². The van der Waals surface area contributed by atoms with Crippen molar-refractivity contribution in [3.63, 3.8) is 0 Å². The van der Waals surface area contributed by atoms with Crippen molar-refractivity contribution in [2.75, 3.05) is 29.9 Å². The molecule has 2 heterocycles. The third-order valence-corrected chi connectivity index (χ3v) is 5.11. The predicted octanol–water partition coefficient (Wildman–Crippen LogP) is 3.50. The van der Waals surface area contributed by atoms with Gasteiger partial charge in [-0.3, -0.25) is 14.5 Å². The van der Waals surface area contributed by atoms with Crippen molar-refractivity contribution in [3.05, 3.63) is 59.3 Å². The highest BCUT2D eigenvalue weighted by atomic mass is 32.1. The highest BCUT2D eigenvalue weighted by Crippen LogP contribution is 2.23. The Morgan fingerprint density at radius 3 is 2.73 bits per heavy atom. The van der Waals surface area contributed by atoms with E-state index in [0.717, 1.165) is 30.9 Å². The van der Waals surface area contributed by atoms with Gasteiger partial charge in [0, 0.05) is 42.3 Å². The van der Waals surface area contributed by atoms with E-state index in [1.165, 1.54) is 4.88 Å². The van der Waals surface area contributed by atoms with E-state index in [4.69, 9.17) is 0 Å². The van der Waals surface area contributed by atoms with Crippen LogP contribution >= 0.6 is 11.3 Å². The second kappa shape index (κ2) is 8.78. The standard InChI is InChI=1S/C20H23N3O2S/c1-2-11-22(14-18-5-4-13-26-18)15-19(24)21-16-7-9-17(10-8-16)23-12-3-6-20(23)25/h2,4-5,7-10,13H,1,3,6,11-12,14-15H2,(H,21,24). The molecule has 1 aromatic carbocycles. The number of nitrogens with one attached hydrogen (secondary N) is 1. The Morgan fingerprint density at radius 2 is 2.12 bits per heavy atom. The minimum atomic E-state index is -0.0617. The van der Waals surface area contributed by atoms with Crippen LogP contribution in [0.15, 0.2) is 54.4 Å². The number of rotatable bonds is 8. The molecule has 5 nitrogen and oxygen atoms in total. The number of hydrogen-bond acceptors (Lipinski definition) is 4. The Hall–Kier alpha value is -2.44. The lowest BCUT2D eigenvalue weighted by Gasteiger charge is -2.20. The second-order valence-electron chi connectivity index (χ2n) is 6.28. The van der Waals surface area contributed by atoms with Crippen molar-refractivity contribution < 1.29 is 9.59 Å². The lowest BCUT2D eigenvalue weighted by molar-refractivity contribution is -0.118. The number of carbonyl (C=O) groups excluding carboxylic acids is 2. The van der Waals surface area contributed by atoms with Crippen LogP contribution in [-0.4, -0.2) is 36.3 Å². The molecule has 0 bridgehead atoms. The molecule has 0 atom stereocenters. The van der Waals surface area contributed by atoms with Gasteiger partial charge < -0.3 is 10.2 Å². The van der Waals surface area contributed by atoms with E-state index in [1.54, 1.807) is 16.2 Å². The molecule has 1 fully saturated rings. The molecule has 136 valence electrons. The van der Waals surface area contributed by atoms with Crippen LogP contribution in [-0.2, 0) is 16.1 Å². The predicted molar refractivity (Wildman–Crippen MR) is 106 cm³/mol. The minimum absolute atomic E-state index is 0.0617. The maximum absolute atomic E-state index is 12.4. The van der Waals surface area contributed by atoms with Crippen LogP contribution in [0.1, 0.15) is 17.7 Å². The minimum Gasteiger partial charge on any atom is -0.325 e. The molecule has 3 rings (SSSR count). The molecule has 6 heteroatoms. The molecule has 2 amide bonds. The van der Waals surface area contributed by atoms with Gasteiger partial charge in [0.1, 0.15) is 0 Å². The van der Waals surface area contributed by atoms with Crippen molar-refractivity contribution in [2.45, 2.75) is 19.4 Å². The fraction of sp³-hybridized carbons (Fsp3) is 0.300. The molecular formula is C20H23N3O2S. The summed E-state index contributed by atoms with van der Waals surface area (Å²) in [6.07, 6.45) is 3.32. The summed E-state index contributed by atoms with van der Waals surface area (Å²) in [4.78, 5) is 29.2. The van der Waals surface area contributed by atoms with Gasteiger partial charge in [-0.15, -0.1) is 17.9 Å². The molecule has 2 aromatic rings. The largest absolute Gasteiger partial charge is 0.325 e. The Labute approximate surface area is 157 Å². The van der Waals surface area contributed by atoms with Crippen molar-refractivity contribution in [2.24, 2.45) is 0 Å². The molecule has 0 radical (unpaired) electrons. The van der Waals surface area contributed by atoms with E-state index in [-0.39, 0.29) is 11.8 Å². The number of benzene rings is 1.